The van der Waals surface area contributed by atoms with Crippen LogP contribution >= 0.6 is 0 Å². The Kier molecular flexibility index (Phi) is 7.39. The van der Waals surface area contributed by atoms with Crippen LogP contribution < -0.4 is 9.47 Å². The maximum absolute atomic E-state index is 11.4. The molecular weight excluding hydrogens is 440 g/mol. The van der Waals surface area contributed by atoms with Crippen LogP contribution in [0.1, 0.15) is 10.4 Å². The van der Waals surface area contributed by atoms with Crippen LogP contribution in [0.25, 0.3) is 0 Å². The molecule has 0 radical (unpaired) electrons. The first-order valence-electron chi connectivity index (χ1n) is 9.45. The first-order valence-corrected chi connectivity index (χ1v) is 9.45. The van der Waals surface area contributed by atoms with Crippen molar-refractivity contribution < 1.29 is 69.7 Å². The maximum atomic E-state index is 11.4. The van der Waals surface area contributed by atoms with Gasteiger partial charge in [-0.05, 0) is 12.1 Å². The number of ether oxygens (including phenoxy) is 4. The van der Waals surface area contributed by atoms with E-state index in [0.29, 0.717) is 0 Å². The lowest BCUT2D eigenvalue weighted by molar-refractivity contribution is -0.278. The molecule has 9 N–H and O–H groups in total. The Morgan fingerprint density at radius 2 is 1.59 bits per heavy atom. The predicted octanol–water partition coefficient (Wildman–Crippen LogP) is -3.91. The van der Waals surface area contributed by atoms with Crippen LogP contribution in [0.4, 0.5) is 0 Å². The molecule has 1 aromatic carbocycles. The highest BCUT2D eigenvalue weighted by atomic mass is 16.7. The minimum Gasteiger partial charge on any atom is -0.504 e. The van der Waals surface area contributed by atoms with E-state index in [9.17, 15) is 50.8 Å². The fourth-order valence-corrected chi connectivity index (χ4v) is 3.21. The summed E-state index contributed by atoms with van der Waals surface area (Å²) in [5.41, 5.74) is -0.477. The molecule has 0 aromatic heterocycles. The lowest BCUT2D eigenvalue weighted by Crippen LogP contribution is -2.60. The SMILES string of the molecule is O=C(O)c1cc(O)c(O[C@@H]2OC[C@@H](O)[C@H](O)[C@H]2O)c(O[C@@H]2O[C@H](CO)[C@@H](O)[C@H](O)[C@H]2O)c1. The molecule has 2 aliphatic rings. The summed E-state index contributed by atoms with van der Waals surface area (Å²) in [6.07, 6.45) is -14.9. The summed E-state index contributed by atoms with van der Waals surface area (Å²) in [5.74, 6) is -3.39. The predicted molar refractivity (Wildman–Crippen MR) is 97.8 cm³/mol. The molecule has 14 nitrogen and oxygen atoms in total. The third-order valence-electron chi connectivity index (χ3n) is 5.06. The zero-order chi connectivity index (χ0) is 23.7. The van der Waals surface area contributed by atoms with E-state index in [2.05, 4.69) is 0 Å². The summed E-state index contributed by atoms with van der Waals surface area (Å²) in [4.78, 5) is 11.4. The largest absolute Gasteiger partial charge is 0.504 e. The van der Waals surface area contributed by atoms with Crippen molar-refractivity contribution in [2.75, 3.05) is 13.2 Å². The van der Waals surface area contributed by atoms with Crippen LogP contribution in [0.3, 0.4) is 0 Å². The van der Waals surface area contributed by atoms with Gasteiger partial charge in [0.15, 0.2) is 11.5 Å². The molecule has 180 valence electrons. The van der Waals surface area contributed by atoms with E-state index in [-0.39, 0.29) is 0 Å². The molecule has 1 aromatic rings. The standard InChI is InChI=1S/C18H24O14/c19-3-9-11(23)12(24)14(26)18(31-9)30-8-2-5(16(27)28)1-6(20)15(8)32-17-13(25)10(22)7(21)4-29-17/h1-2,7,9-14,17-26H,3-4H2,(H,27,28)/t7-,9-,10+,11-,12+,13-,14-,17+,18-/m1/s1. The average molecular weight is 464 g/mol. The van der Waals surface area contributed by atoms with E-state index in [0.717, 1.165) is 12.1 Å². The first-order chi connectivity index (χ1) is 15.0. The van der Waals surface area contributed by atoms with Gasteiger partial charge < -0.3 is 64.9 Å². The van der Waals surface area contributed by atoms with Crippen molar-refractivity contribution >= 4 is 5.97 Å². The summed E-state index contributed by atoms with van der Waals surface area (Å²) >= 11 is 0. The number of hydrogen-bond donors (Lipinski definition) is 9. The number of aliphatic hydroxyl groups is 7. The van der Waals surface area contributed by atoms with E-state index in [1.165, 1.54) is 0 Å². The van der Waals surface area contributed by atoms with Gasteiger partial charge in [0.1, 0.15) is 42.7 Å². The van der Waals surface area contributed by atoms with Gasteiger partial charge in [-0.3, -0.25) is 0 Å². The minimum atomic E-state index is -1.86. The maximum Gasteiger partial charge on any atom is 0.335 e. The number of aromatic hydroxyl groups is 1. The first kappa shape index (κ1) is 24.4. The Labute approximate surface area is 180 Å². The Bertz CT molecular complexity index is 815. The molecule has 9 atom stereocenters. The van der Waals surface area contributed by atoms with Gasteiger partial charge >= 0.3 is 5.97 Å². The number of phenolic OH excluding ortho intramolecular Hbond substituents is 1. The van der Waals surface area contributed by atoms with Crippen molar-refractivity contribution in [1.29, 1.82) is 0 Å². The molecule has 2 saturated heterocycles. The summed E-state index contributed by atoms with van der Waals surface area (Å²) in [7, 11) is 0. The van der Waals surface area contributed by atoms with Crippen LogP contribution in [0, 0.1) is 0 Å². The van der Waals surface area contributed by atoms with E-state index in [1.54, 1.807) is 0 Å². The van der Waals surface area contributed by atoms with Crippen molar-refractivity contribution in [3.8, 4) is 17.2 Å². The molecule has 3 rings (SSSR count). The number of carbonyl (C=O) groups is 1. The second kappa shape index (κ2) is 9.70. The van der Waals surface area contributed by atoms with Gasteiger partial charge in [0.05, 0.1) is 18.8 Å². The minimum absolute atomic E-state index is 0.431. The zero-order valence-corrected chi connectivity index (χ0v) is 16.3. The van der Waals surface area contributed by atoms with E-state index >= 15 is 0 Å². The fourth-order valence-electron chi connectivity index (χ4n) is 3.21. The van der Waals surface area contributed by atoms with E-state index < -0.39 is 97.3 Å². The number of aliphatic hydroxyl groups excluding tert-OH is 7. The summed E-state index contributed by atoms with van der Waals surface area (Å²) in [6, 6.07) is 1.66. The van der Waals surface area contributed by atoms with Crippen molar-refractivity contribution in [3.05, 3.63) is 17.7 Å². The van der Waals surface area contributed by atoms with Gasteiger partial charge in [-0.25, -0.2) is 4.79 Å². The molecule has 0 aliphatic carbocycles. The summed E-state index contributed by atoms with van der Waals surface area (Å²) < 4.78 is 21.0. The van der Waals surface area contributed by atoms with Gasteiger partial charge in [0, 0.05) is 0 Å². The quantitative estimate of drug-likeness (QED) is 0.196. The Hall–Kier alpha value is -2.27. The second-order valence-corrected chi connectivity index (χ2v) is 7.31. The van der Waals surface area contributed by atoms with Gasteiger partial charge in [-0.2, -0.15) is 0 Å². The van der Waals surface area contributed by atoms with Gasteiger partial charge in [-0.15, -0.1) is 0 Å². The van der Waals surface area contributed by atoms with Crippen molar-refractivity contribution in [2.24, 2.45) is 0 Å². The van der Waals surface area contributed by atoms with Crippen LogP contribution in [-0.2, 0) is 9.47 Å². The lowest BCUT2D eigenvalue weighted by atomic mass is 9.99. The summed E-state index contributed by atoms with van der Waals surface area (Å²) in [5, 5.41) is 88.2. The molecular formula is C18H24O14. The Morgan fingerprint density at radius 3 is 2.22 bits per heavy atom. The molecule has 2 heterocycles. The number of carboxylic acid groups (broad SMARTS) is 1. The molecule has 0 amide bonds. The van der Waals surface area contributed by atoms with Crippen LogP contribution in [0.15, 0.2) is 12.1 Å². The molecule has 14 heteroatoms. The monoisotopic (exact) mass is 464 g/mol. The normalized spacial score (nSPS) is 37.7. The smallest absolute Gasteiger partial charge is 0.335 e. The molecule has 2 aliphatic heterocycles. The van der Waals surface area contributed by atoms with Crippen LogP contribution in [-0.4, -0.2) is 120 Å². The van der Waals surface area contributed by atoms with Crippen molar-refractivity contribution in [3.63, 3.8) is 0 Å². The number of benzene rings is 1. The Morgan fingerprint density at radius 1 is 0.938 bits per heavy atom. The summed E-state index contributed by atoms with van der Waals surface area (Å²) in [6.45, 7) is -1.18. The number of rotatable bonds is 6. The average Bonchev–Trinajstić information content (AvgIpc) is 2.75. The van der Waals surface area contributed by atoms with Gasteiger partial charge in [0.25, 0.3) is 0 Å². The molecule has 2 fully saturated rings. The third-order valence-corrected chi connectivity index (χ3v) is 5.06. The molecule has 0 spiro atoms. The molecule has 0 saturated carbocycles. The molecule has 0 bridgehead atoms. The number of phenols is 1. The number of carboxylic acids is 1. The highest BCUT2D eigenvalue weighted by molar-refractivity contribution is 5.89. The highest BCUT2D eigenvalue weighted by Crippen LogP contribution is 2.41. The van der Waals surface area contributed by atoms with Crippen molar-refractivity contribution in [1.82, 2.24) is 0 Å². The van der Waals surface area contributed by atoms with Crippen LogP contribution in [0.2, 0.25) is 0 Å². The lowest BCUT2D eigenvalue weighted by Gasteiger charge is -2.40. The van der Waals surface area contributed by atoms with Gasteiger partial charge in [0.2, 0.25) is 18.3 Å². The molecule has 0 unspecified atom stereocenters. The molecule has 32 heavy (non-hydrogen) atoms. The zero-order valence-electron chi connectivity index (χ0n) is 16.3. The number of aromatic carboxylic acids is 1. The van der Waals surface area contributed by atoms with Crippen LogP contribution in [0.5, 0.6) is 17.2 Å². The highest BCUT2D eigenvalue weighted by Gasteiger charge is 2.45. The number of hydrogen-bond acceptors (Lipinski definition) is 13. The Balaban J connectivity index is 1.92. The topological polar surface area (TPSA) is 236 Å². The second-order valence-electron chi connectivity index (χ2n) is 7.31. The van der Waals surface area contributed by atoms with E-state index in [1.807, 2.05) is 0 Å². The third kappa shape index (κ3) is 4.73. The van der Waals surface area contributed by atoms with Gasteiger partial charge in [-0.1, -0.05) is 0 Å². The fraction of sp³-hybridized carbons (Fsp3) is 0.611. The van der Waals surface area contributed by atoms with E-state index in [4.69, 9.17) is 18.9 Å². The van der Waals surface area contributed by atoms with Crippen molar-refractivity contribution in [2.45, 2.75) is 55.3 Å².